The van der Waals surface area contributed by atoms with E-state index in [2.05, 4.69) is 4.90 Å². The summed E-state index contributed by atoms with van der Waals surface area (Å²) < 4.78 is 27.2. The Labute approximate surface area is 84.3 Å². The molecule has 1 aliphatic carbocycles. The van der Waals surface area contributed by atoms with Gasteiger partial charge in [-0.05, 0) is 12.8 Å². The highest BCUT2D eigenvalue weighted by Crippen LogP contribution is 2.42. The number of sulfonamides is 1. The molecule has 0 amide bonds. The van der Waals surface area contributed by atoms with E-state index in [9.17, 15) is 8.42 Å². The van der Waals surface area contributed by atoms with E-state index < -0.39 is 14.8 Å². The molecule has 0 aromatic carbocycles. The summed E-state index contributed by atoms with van der Waals surface area (Å²) in [7, 11) is -3.37. The van der Waals surface area contributed by atoms with Gasteiger partial charge in [0, 0.05) is 19.6 Å². The highest BCUT2D eigenvalue weighted by molar-refractivity contribution is 7.90. The van der Waals surface area contributed by atoms with Crippen molar-refractivity contribution in [3.8, 4) is 0 Å². The van der Waals surface area contributed by atoms with Crippen LogP contribution in [0.5, 0.6) is 0 Å². The zero-order chi connectivity index (χ0) is 10.2. The summed E-state index contributed by atoms with van der Waals surface area (Å²) >= 11 is 0. The van der Waals surface area contributed by atoms with Crippen LogP contribution in [0.2, 0.25) is 0 Å². The predicted octanol–water partition coefficient (Wildman–Crippen LogP) is -0.860. The largest absolute Gasteiger partial charge is 0.379 e. The maximum atomic E-state index is 11.3. The smallest absolute Gasteiger partial charge is 0.216 e. The number of ether oxygens (including phenoxy) is 1. The van der Waals surface area contributed by atoms with E-state index in [1.54, 1.807) is 0 Å². The van der Waals surface area contributed by atoms with Gasteiger partial charge in [-0.25, -0.2) is 13.6 Å². The second-order valence-electron chi connectivity index (χ2n) is 4.12. The average molecular weight is 220 g/mol. The lowest BCUT2D eigenvalue weighted by Gasteiger charge is -2.29. The van der Waals surface area contributed by atoms with Crippen LogP contribution >= 0.6 is 0 Å². The molecule has 14 heavy (non-hydrogen) atoms. The first-order valence-electron chi connectivity index (χ1n) is 4.86. The average Bonchev–Trinajstić information content (AvgIpc) is 2.86. The van der Waals surface area contributed by atoms with E-state index in [0.29, 0.717) is 32.6 Å². The van der Waals surface area contributed by atoms with Gasteiger partial charge in [0.15, 0.2) is 0 Å². The maximum absolute atomic E-state index is 11.3. The fourth-order valence-corrected chi connectivity index (χ4v) is 2.87. The van der Waals surface area contributed by atoms with Gasteiger partial charge in [-0.2, -0.15) is 0 Å². The molecule has 0 aromatic heterocycles. The highest BCUT2D eigenvalue weighted by atomic mass is 32.2. The molecule has 0 aromatic rings. The van der Waals surface area contributed by atoms with Gasteiger partial charge in [0.1, 0.15) is 0 Å². The first kappa shape index (κ1) is 10.4. The van der Waals surface area contributed by atoms with Crippen LogP contribution in [-0.2, 0) is 14.8 Å². The number of nitrogens with two attached hydrogens (primary N) is 1. The molecule has 0 unspecified atom stereocenters. The van der Waals surface area contributed by atoms with Gasteiger partial charge in [0.25, 0.3) is 0 Å². The molecular formula is C8H16N2O3S. The normalized spacial score (nSPS) is 27.5. The van der Waals surface area contributed by atoms with Crippen LogP contribution in [0, 0.1) is 0 Å². The monoisotopic (exact) mass is 220 g/mol. The van der Waals surface area contributed by atoms with E-state index in [4.69, 9.17) is 9.88 Å². The van der Waals surface area contributed by atoms with Crippen molar-refractivity contribution in [2.45, 2.75) is 17.6 Å². The lowest BCUT2D eigenvalue weighted by Crippen LogP contribution is -2.46. The molecule has 0 atom stereocenters. The summed E-state index contributed by atoms with van der Waals surface area (Å²) in [6.07, 6.45) is 1.42. The predicted molar refractivity (Wildman–Crippen MR) is 52.3 cm³/mol. The van der Waals surface area contributed by atoms with Gasteiger partial charge in [0.2, 0.25) is 10.0 Å². The number of morpholine rings is 1. The van der Waals surface area contributed by atoms with E-state index >= 15 is 0 Å². The van der Waals surface area contributed by atoms with Gasteiger partial charge in [0.05, 0.1) is 18.0 Å². The zero-order valence-electron chi connectivity index (χ0n) is 8.11. The second kappa shape index (κ2) is 3.44. The minimum atomic E-state index is -3.37. The lowest BCUT2D eigenvalue weighted by atomic mass is 10.3. The first-order chi connectivity index (χ1) is 6.54. The SMILES string of the molecule is NS(=O)(=O)C1(CN2CCOCC2)CC1. The molecule has 1 saturated carbocycles. The minimum absolute atomic E-state index is 0.579. The number of rotatable bonds is 3. The molecule has 2 fully saturated rings. The Bertz CT molecular complexity index is 305. The quantitative estimate of drug-likeness (QED) is 0.671. The van der Waals surface area contributed by atoms with Crippen molar-refractivity contribution in [3.05, 3.63) is 0 Å². The van der Waals surface area contributed by atoms with Crippen molar-refractivity contribution in [3.63, 3.8) is 0 Å². The second-order valence-corrected chi connectivity index (χ2v) is 6.07. The summed E-state index contributed by atoms with van der Waals surface area (Å²) in [5, 5.41) is 5.21. The molecule has 6 heteroatoms. The Kier molecular flexibility index (Phi) is 2.55. The number of hydrogen-bond donors (Lipinski definition) is 1. The molecule has 1 heterocycles. The standard InChI is InChI=1S/C8H16N2O3S/c9-14(11,12)8(1-2-8)7-10-3-5-13-6-4-10/h1-7H2,(H2,9,11,12). The third-order valence-electron chi connectivity index (χ3n) is 3.03. The molecular weight excluding hydrogens is 204 g/mol. The number of nitrogens with zero attached hydrogens (tertiary/aromatic N) is 1. The Morgan fingerprint density at radius 1 is 1.29 bits per heavy atom. The van der Waals surface area contributed by atoms with Crippen molar-refractivity contribution in [2.75, 3.05) is 32.8 Å². The topological polar surface area (TPSA) is 72.6 Å². The summed E-state index contributed by atoms with van der Waals surface area (Å²) in [5.41, 5.74) is 0. The van der Waals surface area contributed by atoms with Crippen LogP contribution < -0.4 is 5.14 Å². The number of hydrogen-bond acceptors (Lipinski definition) is 4. The summed E-state index contributed by atoms with van der Waals surface area (Å²) in [6, 6.07) is 0. The minimum Gasteiger partial charge on any atom is -0.379 e. The van der Waals surface area contributed by atoms with Crippen LogP contribution in [0.1, 0.15) is 12.8 Å². The van der Waals surface area contributed by atoms with Gasteiger partial charge >= 0.3 is 0 Å². The van der Waals surface area contributed by atoms with Crippen molar-refractivity contribution in [1.82, 2.24) is 4.90 Å². The van der Waals surface area contributed by atoms with Gasteiger partial charge < -0.3 is 4.74 Å². The van der Waals surface area contributed by atoms with Crippen molar-refractivity contribution < 1.29 is 13.2 Å². The van der Waals surface area contributed by atoms with Gasteiger partial charge in [-0.15, -0.1) is 0 Å². The Morgan fingerprint density at radius 2 is 1.86 bits per heavy atom. The molecule has 82 valence electrons. The molecule has 0 spiro atoms. The fraction of sp³-hybridized carbons (Fsp3) is 1.00. The molecule has 0 bridgehead atoms. The van der Waals surface area contributed by atoms with E-state index in [0.717, 1.165) is 13.1 Å². The van der Waals surface area contributed by atoms with Gasteiger partial charge in [-0.1, -0.05) is 0 Å². The van der Waals surface area contributed by atoms with Crippen molar-refractivity contribution in [2.24, 2.45) is 5.14 Å². The van der Waals surface area contributed by atoms with E-state index in [-0.39, 0.29) is 0 Å². The van der Waals surface area contributed by atoms with Crippen LogP contribution in [0.25, 0.3) is 0 Å². The Hall–Kier alpha value is -0.170. The third-order valence-corrected chi connectivity index (χ3v) is 4.77. The molecule has 5 nitrogen and oxygen atoms in total. The first-order valence-corrected chi connectivity index (χ1v) is 6.41. The van der Waals surface area contributed by atoms with Crippen LogP contribution in [-0.4, -0.2) is 50.9 Å². The molecule has 2 aliphatic rings. The molecule has 2 rings (SSSR count). The number of primary sulfonamides is 1. The van der Waals surface area contributed by atoms with Crippen LogP contribution in [0.4, 0.5) is 0 Å². The van der Waals surface area contributed by atoms with Crippen LogP contribution in [0.3, 0.4) is 0 Å². The summed E-state index contributed by atoms with van der Waals surface area (Å²) in [4.78, 5) is 2.13. The molecule has 2 N–H and O–H groups in total. The van der Waals surface area contributed by atoms with Crippen LogP contribution in [0.15, 0.2) is 0 Å². The summed E-state index contributed by atoms with van der Waals surface area (Å²) in [6.45, 7) is 3.60. The molecule has 0 radical (unpaired) electrons. The third kappa shape index (κ3) is 1.93. The highest BCUT2D eigenvalue weighted by Gasteiger charge is 2.53. The fourth-order valence-electron chi connectivity index (χ4n) is 1.84. The van der Waals surface area contributed by atoms with Crippen molar-refractivity contribution in [1.29, 1.82) is 0 Å². The van der Waals surface area contributed by atoms with E-state index in [1.807, 2.05) is 0 Å². The zero-order valence-corrected chi connectivity index (χ0v) is 8.92. The Balaban J connectivity index is 1.97. The maximum Gasteiger partial charge on any atom is 0.216 e. The molecule has 1 aliphatic heterocycles. The molecule has 1 saturated heterocycles. The summed E-state index contributed by atoms with van der Waals surface area (Å²) in [5.74, 6) is 0. The lowest BCUT2D eigenvalue weighted by molar-refractivity contribution is 0.0369. The van der Waals surface area contributed by atoms with E-state index in [1.165, 1.54) is 0 Å². The Morgan fingerprint density at radius 3 is 2.29 bits per heavy atom. The van der Waals surface area contributed by atoms with Crippen molar-refractivity contribution >= 4 is 10.0 Å². The van der Waals surface area contributed by atoms with Gasteiger partial charge in [-0.3, -0.25) is 4.90 Å².